The van der Waals surface area contributed by atoms with Gasteiger partial charge in [-0.3, -0.25) is 4.79 Å². The maximum atomic E-state index is 11.4. The quantitative estimate of drug-likeness (QED) is 0.766. The van der Waals surface area contributed by atoms with Crippen molar-refractivity contribution in [2.75, 3.05) is 5.32 Å². The van der Waals surface area contributed by atoms with E-state index in [1.807, 2.05) is 13.8 Å². The second-order valence-corrected chi connectivity index (χ2v) is 3.53. The minimum Gasteiger partial charge on any atom is -0.394 e. The summed E-state index contributed by atoms with van der Waals surface area (Å²) < 4.78 is 0. The molecule has 0 saturated heterocycles. The summed E-state index contributed by atoms with van der Waals surface area (Å²) >= 11 is 0. The fraction of sp³-hybridized carbons (Fsp3) is 0.400. The maximum absolute atomic E-state index is 11.4. The molecule has 15 heavy (non-hydrogen) atoms. The predicted molar refractivity (Wildman–Crippen MR) is 56.4 cm³/mol. The molecule has 0 atom stereocenters. The van der Waals surface area contributed by atoms with E-state index < -0.39 is 0 Å². The van der Waals surface area contributed by atoms with Gasteiger partial charge in [-0.05, 0) is 5.92 Å². The molecule has 1 N–H and O–H groups in total. The van der Waals surface area contributed by atoms with Crippen LogP contribution in [-0.2, 0) is 4.79 Å². The summed E-state index contributed by atoms with van der Waals surface area (Å²) in [5.41, 5.74) is 0.521. The topological polar surface area (TPSA) is 59.2 Å². The Labute approximate surface area is 88.4 Å². The molecular formula is C10H12N4O. The molecule has 0 fully saturated rings. The molecule has 0 aliphatic heterocycles. The largest absolute Gasteiger partial charge is 0.394 e. The summed E-state index contributed by atoms with van der Waals surface area (Å²) in [6, 6.07) is 0. The Morgan fingerprint density at radius 3 is 2.60 bits per heavy atom. The number of carbonyl (C=O) groups excluding carboxylic acids is 1. The van der Waals surface area contributed by atoms with Crippen LogP contribution in [0.5, 0.6) is 0 Å². The van der Waals surface area contributed by atoms with Crippen molar-refractivity contribution < 1.29 is 4.79 Å². The molecule has 0 spiro atoms. The Bertz CT molecular complexity index is 377. The molecule has 1 heterocycles. The number of anilines is 1. The molecule has 0 bridgehead atoms. The molecule has 1 aromatic heterocycles. The van der Waals surface area contributed by atoms with Gasteiger partial charge in [0.1, 0.15) is 18.1 Å². The molecule has 0 aromatic carbocycles. The lowest BCUT2D eigenvalue weighted by Crippen LogP contribution is -2.14. The van der Waals surface area contributed by atoms with E-state index in [0.717, 1.165) is 0 Å². The third kappa shape index (κ3) is 3.73. The molecule has 0 unspecified atom stereocenters. The fourth-order valence-electron chi connectivity index (χ4n) is 1.03. The number of nitrogens with zero attached hydrogens (tertiary/aromatic N) is 3. The highest BCUT2D eigenvalue weighted by Gasteiger charge is 2.06. The van der Waals surface area contributed by atoms with Gasteiger partial charge in [-0.25, -0.2) is 0 Å². The number of hydrogen-bond donors (Lipinski definition) is 1. The van der Waals surface area contributed by atoms with Crippen LogP contribution in [0.3, 0.4) is 0 Å². The van der Waals surface area contributed by atoms with Gasteiger partial charge in [0.05, 0.1) is 0 Å². The minimum absolute atomic E-state index is 0.0656. The summed E-state index contributed by atoms with van der Waals surface area (Å²) in [4.78, 5) is 21.9. The summed E-state index contributed by atoms with van der Waals surface area (Å²) in [5.74, 6) is 0.328. The normalized spacial score (nSPS) is 9.73. The molecule has 0 aliphatic rings. The lowest BCUT2D eigenvalue weighted by molar-refractivity contribution is -0.116. The van der Waals surface area contributed by atoms with Gasteiger partial charge in [0.25, 0.3) is 0 Å². The van der Waals surface area contributed by atoms with Crippen LogP contribution < -0.4 is 5.32 Å². The molecule has 1 aromatic rings. The van der Waals surface area contributed by atoms with E-state index in [-0.39, 0.29) is 11.9 Å². The van der Waals surface area contributed by atoms with E-state index in [1.165, 1.54) is 12.4 Å². The van der Waals surface area contributed by atoms with Crippen LogP contribution in [0.4, 0.5) is 11.6 Å². The van der Waals surface area contributed by atoms with Crippen LogP contribution in [-0.4, -0.2) is 15.9 Å². The van der Waals surface area contributed by atoms with Gasteiger partial charge in [-0.15, -0.1) is 6.57 Å². The summed E-state index contributed by atoms with van der Waals surface area (Å²) in [5, 5.41) is 2.66. The highest BCUT2D eigenvalue weighted by Crippen LogP contribution is 2.09. The van der Waals surface area contributed by atoms with Crippen molar-refractivity contribution >= 4 is 17.5 Å². The van der Waals surface area contributed by atoms with Crippen LogP contribution in [0.15, 0.2) is 12.4 Å². The standard InChI is InChI=1S/C10H12N4O/c1-7(2)4-9(15)14-8-5-12-10(11-3)13-6-8/h5-7H,4H2,1-2H3,(H,14,15). The first-order valence-electron chi connectivity index (χ1n) is 4.61. The average molecular weight is 204 g/mol. The zero-order chi connectivity index (χ0) is 11.3. The lowest BCUT2D eigenvalue weighted by Gasteiger charge is -2.04. The molecule has 0 saturated carbocycles. The van der Waals surface area contributed by atoms with E-state index >= 15 is 0 Å². The molecule has 5 heteroatoms. The summed E-state index contributed by atoms with van der Waals surface area (Å²) in [7, 11) is 0. The third-order valence-corrected chi connectivity index (χ3v) is 1.62. The first-order chi connectivity index (χ1) is 7.11. The molecule has 0 radical (unpaired) electrons. The van der Waals surface area contributed by atoms with Gasteiger partial charge < -0.3 is 10.2 Å². The molecule has 0 aliphatic carbocycles. The van der Waals surface area contributed by atoms with Gasteiger partial charge >= 0.3 is 5.95 Å². The van der Waals surface area contributed by atoms with Crippen LogP contribution in [0.1, 0.15) is 20.3 Å². The Hall–Kier alpha value is -1.96. The number of carbonyl (C=O) groups is 1. The van der Waals surface area contributed by atoms with Gasteiger partial charge in [-0.2, -0.15) is 9.97 Å². The molecule has 5 nitrogen and oxygen atoms in total. The first kappa shape index (κ1) is 11.1. The van der Waals surface area contributed by atoms with Crippen molar-refractivity contribution in [1.29, 1.82) is 0 Å². The predicted octanol–water partition coefficient (Wildman–Crippen LogP) is 2.01. The SMILES string of the molecule is [C-]#[N+]c1ncc(NC(=O)CC(C)C)cn1. The zero-order valence-corrected chi connectivity index (χ0v) is 8.69. The van der Waals surface area contributed by atoms with Gasteiger partial charge in [-0.1, -0.05) is 13.8 Å². The smallest absolute Gasteiger partial charge is 0.371 e. The molecule has 78 valence electrons. The van der Waals surface area contributed by atoms with Crippen molar-refractivity contribution in [2.45, 2.75) is 20.3 Å². The van der Waals surface area contributed by atoms with E-state index in [4.69, 9.17) is 6.57 Å². The highest BCUT2D eigenvalue weighted by molar-refractivity contribution is 5.90. The second-order valence-electron chi connectivity index (χ2n) is 3.53. The van der Waals surface area contributed by atoms with Gasteiger partial charge in [0.15, 0.2) is 0 Å². The van der Waals surface area contributed by atoms with Crippen molar-refractivity contribution in [1.82, 2.24) is 9.97 Å². The van der Waals surface area contributed by atoms with E-state index in [0.29, 0.717) is 18.0 Å². The Balaban J connectivity index is 2.58. The Morgan fingerprint density at radius 2 is 2.13 bits per heavy atom. The van der Waals surface area contributed by atoms with Gasteiger partial charge in [0.2, 0.25) is 5.91 Å². The number of nitrogens with one attached hydrogen (secondary N) is 1. The van der Waals surface area contributed by atoms with E-state index in [2.05, 4.69) is 20.1 Å². The first-order valence-corrected chi connectivity index (χ1v) is 4.61. The lowest BCUT2D eigenvalue weighted by atomic mass is 10.1. The molecular weight excluding hydrogens is 192 g/mol. The zero-order valence-electron chi connectivity index (χ0n) is 8.69. The van der Waals surface area contributed by atoms with E-state index in [9.17, 15) is 4.79 Å². The van der Waals surface area contributed by atoms with Crippen LogP contribution in [0.2, 0.25) is 0 Å². The number of rotatable bonds is 3. The number of hydrogen-bond acceptors (Lipinski definition) is 3. The van der Waals surface area contributed by atoms with Gasteiger partial charge in [0, 0.05) is 6.42 Å². The van der Waals surface area contributed by atoms with Crippen molar-refractivity contribution in [3.63, 3.8) is 0 Å². The maximum Gasteiger partial charge on any atom is 0.371 e. The number of amides is 1. The fourth-order valence-corrected chi connectivity index (χ4v) is 1.03. The van der Waals surface area contributed by atoms with Crippen LogP contribution in [0.25, 0.3) is 4.85 Å². The summed E-state index contributed by atoms with van der Waals surface area (Å²) in [6.45, 7) is 10.6. The summed E-state index contributed by atoms with van der Waals surface area (Å²) in [6.07, 6.45) is 3.32. The second kappa shape index (κ2) is 5.05. The van der Waals surface area contributed by atoms with Crippen LogP contribution in [0, 0.1) is 12.5 Å². The third-order valence-electron chi connectivity index (χ3n) is 1.62. The van der Waals surface area contributed by atoms with E-state index in [1.54, 1.807) is 0 Å². The monoisotopic (exact) mass is 204 g/mol. The Morgan fingerprint density at radius 1 is 1.53 bits per heavy atom. The number of aromatic nitrogens is 2. The van der Waals surface area contributed by atoms with Crippen molar-refractivity contribution in [3.8, 4) is 0 Å². The highest BCUT2D eigenvalue weighted by atomic mass is 16.1. The minimum atomic E-state index is -0.0656. The molecule has 1 rings (SSSR count). The Kier molecular flexibility index (Phi) is 3.75. The molecule has 1 amide bonds. The van der Waals surface area contributed by atoms with Crippen molar-refractivity contribution in [2.24, 2.45) is 5.92 Å². The average Bonchev–Trinajstić information content (AvgIpc) is 2.17. The van der Waals surface area contributed by atoms with Crippen LogP contribution >= 0.6 is 0 Å². The van der Waals surface area contributed by atoms with Crippen molar-refractivity contribution in [3.05, 3.63) is 23.8 Å².